The largest absolute Gasteiger partial charge is 0.219 e. The van der Waals surface area contributed by atoms with E-state index < -0.39 is 9.84 Å². The molecule has 0 heterocycles. The molecule has 0 unspecified atom stereocenters. The van der Waals surface area contributed by atoms with Crippen molar-refractivity contribution in [3.8, 4) is 0 Å². The van der Waals surface area contributed by atoms with Crippen LogP contribution in [0.5, 0.6) is 0 Å². The molecule has 0 atom stereocenters. The van der Waals surface area contributed by atoms with Crippen LogP contribution in [0.3, 0.4) is 0 Å². The van der Waals surface area contributed by atoms with Crippen molar-refractivity contribution in [2.24, 2.45) is 5.41 Å². The maximum atomic E-state index is 13.1. The summed E-state index contributed by atoms with van der Waals surface area (Å²) < 4.78 is 26.1. The van der Waals surface area contributed by atoms with Gasteiger partial charge in [0.1, 0.15) is 0 Å². The van der Waals surface area contributed by atoms with Crippen LogP contribution in [0.4, 0.5) is 0 Å². The smallest absolute Gasteiger partial charge is 0.206 e. The van der Waals surface area contributed by atoms with Gasteiger partial charge in [0.2, 0.25) is 9.84 Å². The van der Waals surface area contributed by atoms with Crippen LogP contribution in [0.1, 0.15) is 31.9 Å². The lowest BCUT2D eigenvalue weighted by Gasteiger charge is -2.17. The average molecular weight is 314 g/mol. The van der Waals surface area contributed by atoms with Crippen molar-refractivity contribution in [1.82, 2.24) is 0 Å². The zero-order valence-electron chi connectivity index (χ0n) is 13.5. The topological polar surface area (TPSA) is 34.1 Å². The predicted molar refractivity (Wildman–Crippen MR) is 92.2 cm³/mol. The molecule has 0 spiro atoms. The van der Waals surface area contributed by atoms with Crippen molar-refractivity contribution in [1.29, 1.82) is 0 Å². The quantitative estimate of drug-likeness (QED) is 0.811. The Morgan fingerprint density at radius 1 is 0.909 bits per heavy atom. The van der Waals surface area contributed by atoms with Crippen molar-refractivity contribution < 1.29 is 8.42 Å². The maximum absolute atomic E-state index is 13.1. The van der Waals surface area contributed by atoms with Crippen LogP contribution >= 0.6 is 0 Å². The van der Waals surface area contributed by atoms with Crippen molar-refractivity contribution in [2.75, 3.05) is 0 Å². The summed E-state index contributed by atoms with van der Waals surface area (Å²) >= 11 is 0. The highest BCUT2D eigenvalue weighted by Crippen LogP contribution is 2.32. The molecular weight excluding hydrogens is 292 g/mol. The lowest BCUT2D eigenvalue weighted by molar-refractivity contribution is 0.545. The van der Waals surface area contributed by atoms with Crippen molar-refractivity contribution in [3.05, 3.63) is 71.8 Å². The summed E-state index contributed by atoms with van der Waals surface area (Å²) in [6, 6.07) is 16.3. The highest BCUT2D eigenvalue weighted by Gasteiger charge is 2.24. The fourth-order valence-electron chi connectivity index (χ4n) is 2.16. The van der Waals surface area contributed by atoms with Gasteiger partial charge in [0.05, 0.1) is 9.80 Å². The standard InChI is InChI=1S/C19H22O2S/c1-15-10-12-17(13-11-15)22(20,21)18(14-19(2,3)4)16-8-6-5-7-9-16/h5-14H,1-4H3. The molecule has 0 bridgehead atoms. The molecule has 0 saturated heterocycles. The lowest BCUT2D eigenvalue weighted by Crippen LogP contribution is -2.09. The van der Waals surface area contributed by atoms with Crippen LogP contribution in [0.2, 0.25) is 0 Å². The van der Waals surface area contributed by atoms with Gasteiger partial charge in [-0.25, -0.2) is 8.42 Å². The lowest BCUT2D eigenvalue weighted by atomic mass is 9.95. The number of benzene rings is 2. The Morgan fingerprint density at radius 2 is 1.45 bits per heavy atom. The summed E-state index contributed by atoms with van der Waals surface area (Å²) in [6.07, 6.45) is 1.83. The molecule has 0 aromatic heterocycles. The third-order valence-corrected chi connectivity index (χ3v) is 5.07. The van der Waals surface area contributed by atoms with Gasteiger partial charge in [0.15, 0.2) is 0 Å². The molecule has 2 aromatic carbocycles. The summed E-state index contributed by atoms with van der Waals surface area (Å²) in [5, 5.41) is 0. The van der Waals surface area contributed by atoms with E-state index in [-0.39, 0.29) is 5.41 Å². The molecule has 22 heavy (non-hydrogen) atoms. The fraction of sp³-hybridized carbons (Fsp3) is 0.263. The monoisotopic (exact) mass is 314 g/mol. The van der Waals surface area contributed by atoms with E-state index >= 15 is 0 Å². The minimum Gasteiger partial charge on any atom is -0.219 e. The van der Waals surface area contributed by atoms with Gasteiger partial charge in [0, 0.05) is 0 Å². The summed E-state index contributed by atoms with van der Waals surface area (Å²) in [6.45, 7) is 7.95. The van der Waals surface area contributed by atoms with E-state index in [1.54, 1.807) is 12.1 Å². The second-order valence-corrected chi connectivity index (χ2v) is 8.48. The van der Waals surface area contributed by atoms with Crippen LogP contribution in [0.15, 0.2) is 65.6 Å². The molecule has 2 aromatic rings. The second kappa shape index (κ2) is 6.09. The van der Waals surface area contributed by atoms with Gasteiger partial charge < -0.3 is 0 Å². The number of rotatable bonds is 3. The molecule has 0 aliphatic rings. The first-order chi connectivity index (χ1) is 10.2. The summed E-state index contributed by atoms with van der Waals surface area (Å²) in [4.78, 5) is 0.696. The molecule has 0 radical (unpaired) electrons. The van der Waals surface area contributed by atoms with Crippen LogP contribution in [0.25, 0.3) is 4.91 Å². The van der Waals surface area contributed by atoms with Crippen LogP contribution in [-0.2, 0) is 9.84 Å². The third-order valence-electron chi connectivity index (χ3n) is 3.24. The molecule has 116 valence electrons. The van der Waals surface area contributed by atoms with Crippen molar-refractivity contribution in [3.63, 3.8) is 0 Å². The Labute approximate surface area is 133 Å². The highest BCUT2D eigenvalue weighted by molar-refractivity contribution is 8.00. The van der Waals surface area contributed by atoms with Gasteiger partial charge in [-0.2, -0.15) is 0 Å². The minimum absolute atomic E-state index is 0.233. The summed E-state index contributed by atoms with van der Waals surface area (Å²) in [7, 11) is -3.54. The van der Waals surface area contributed by atoms with Crippen LogP contribution < -0.4 is 0 Å². The van der Waals surface area contributed by atoms with Gasteiger partial charge in [-0.15, -0.1) is 0 Å². The summed E-state index contributed by atoms with van der Waals surface area (Å²) in [5.41, 5.74) is 1.53. The average Bonchev–Trinajstić information content (AvgIpc) is 2.45. The molecule has 3 heteroatoms. The Bertz CT molecular complexity index is 762. The summed E-state index contributed by atoms with van der Waals surface area (Å²) in [5.74, 6) is 0. The second-order valence-electron chi connectivity index (χ2n) is 6.56. The number of hydrogen-bond acceptors (Lipinski definition) is 2. The van der Waals surface area contributed by atoms with Gasteiger partial charge in [-0.1, -0.05) is 74.9 Å². The molecule has 2 rings (SSSR count). The van der Waals surface area contributed by atoms with Gasteiger partial charge in [-0.3, -0.25) is 0 Å². The van der Waals surface area contributed by atoms with Crippen molar-refractivity contribution >= 4 is 14.7 Å². The molecule has 0 amide bonds. The molecule has 0 N–H and O–H groups in total. The molecule has 0 saturated carbocycles. The Balaban J connectivity index is 2.64. The van der Waals surface area contributed by atoms with E-state index in [4.69, 9.17) is 0 Å². The number of aryl methyl sites for hydroxylation is 1. The normalized spacial score (nSPS) is 13.2. The van der Waals surface area contributed by atoms with Crippen LogP contribution in [-0.4, -0.2) is 8.42 Å². The van der Waals surface area contributed by atoms with E-state index in [9.17, 15) is 8.42 Å². The molecule has 2 nitrogen and oxygen atoms in total. The molecule has 0 fully saturated rings. The SMILES string of the molecule is Cc1ccc(S(=O)(=O)C(=CC(C)(C)C)c2ccccc2)cc1. The zero-order chi connectivity index (χ0) is 16.4. The molecule has 0 aliphatic heterocycles. The molecular formula is C19H22O2S. The molecule has 0 aliphatic carbocycles. The maximum Gasteiger partial charge on any atom is 0.206 e. The first-order valence-electron chi connectivity index (χ1n) is 7.30. The number of sulfone groups is 1. The fourth-order valence-corrected chi connectivity index (χ4v) is 3.86. The zero-order valence-corrected chi connectivity index (χ0v) is 14.3. The Morgan fingerprint density at radius 3 is 1.95 bits per heavy atom. The van der Waals surface area contributed by atoms with E-state index in [0.717, 1.165) is 11.1 Å². The Kier molecular flexibility index (Phi) is 4.57. The Hall–Kier alpha value is -1.87. The van der Waals surface area contributed by atoms with E-state index in [0.29, 0.717) is 9.80 Å². The predicted octanol–water partition coefficient (Wildman–Crippen LogP) is 4.86. The van der Waals surface area contributed by atoms with E-state index in [1.807, 2.05) is 76.2 Å². The number of hydrogen-bond donors (Lipinski definition) is 0. The van der Waals surface area contributed by atoms with E-state index in [1.165, 1.54) is 0 Å². The first kappa shape index (κ1) is 16.5. The van der Waals surface area contributed by atoms with Gasteiger partial charge >= 0.3 is 0 Å². The minimum atomic E-state index is -3.54. The van der Waals surface area contributed by atoms with Crippen molar-refractivity contribution in [2.45, 2.75) is 32.6 Å². The first-order valence-corrected chi connectivity index (χ1v) is 8.78. The van der Waals surface area contributed by atoms with Gasteiger partial charge in [-0.05, 0) is 30.0 Å². The van der Waals surface area contributed by atoms with E-state index in [2.05, 4.69) is 0 Å². The highest BCUT2D eigenvalue weighted by atomic mass is 32.2. The van der Waals surface area contributed by atoms with Gasteiger partial charge in [0.25, 0.3) is 0 Å². The third kappa shape index (κ3) is 3.86. The van der Waals surface area contributed by atoms with Crippen LogP contribution in [0, 0.1) is 12.3 Å². The number of allylic oxidation sites excluding steroid dienone is 1.